The fourth-order valence-corrected chi connectivity index (χ4v) is 3.97. The third-order valence-corrected chi connectivity index (χ3v) is 5.57. The van der Waals surface area contributed by atoms with Crippen LogP contribution >= 0.6 is 0 Å². The number of H-pyrrole nitrogens is 1. The number of amides is 1. The van der Waals surface area contributed by atoms with Crippen LogP contribution in [0.5, 0.6) is 0 Å². The summed E-state index contributed by atoms with van der Waals surface area (Å²) in [5, 5.41) is 7.18. The molecule has 0 aromatic carbocycles. The first-order chi connectivity index (χ1) is 10.5. The zero-order valence-corrected chi connectivity index (χ0v) is 14.0. The van der Waals surface area contributed by atoms with E-state index in [9.17, 15) is 4.79 Å². The van der Waals surface area contributed by atoms with E-state index in [1.807, 2.05) is 6.20 Å². The zero-order valence-electron chi connectivity index (χ0n) is 14.0. The maximum absolute atomic E-state index is 12.9. The third-order valence-electron chi connectivity index (χ3n) is 5.57. The first kappa shape index (κ1) is 15.5. The molecule has 2 fully saturated rings. The van der Waals surface area contributed by atoms with E-state index in [1.165, 1.54) is 5.69 Å². The van der Waals surface area contributed by atoms with E-state index in [4.69, 9.17) is 0 Å². The minimum atomic E-state index is 0.108. The number of hydrogen-bond donors (Lipinski definition) is 1. The SMILES string of the molecule is CC(C)N1CCC[C@H]1C(=O)N1CCC(C)(c2ccn[nH]2)CC1. The average molecular weight is 304 g/mol. The molecule has 0 aliphatic carbocycles. The van der Waals surface area contributed by atoms with Gasteiger partial charge >= 0.3 is 0 Å². The topological polar surface area (TPSA) is 52.2 Å². The van der Waals surface area contributed by atoms with Gasteiger partial charge in [-0.2, -0.15) is 5.10 Å². The van der Waals surface area contributed by atoms with Crippen molar-refractivity contribution < 1.29 is 4.79 Å². The van der Waals surface area contributed by atoms with E-state index in [0.29, 0.717) is 11.9 Å². The molecule has 1 aromatic rings. The predicted octanol–water partition coefficient (Wildman–Crippen LogP) is 2.16. The molecule has 3 heterocycles. The second-order valence-corrected chi connectivity index (χ2v) is 7.35. The molecular weight excluding hydrogens is 276 g/mol. The van der Waals surface area contributed by atoms with Crippen LogP contribution in [0.1, 0.15) is 52.1 Å². The first-order valence-electron chi connectivity index (χ1n) is 8.56. The minimum Gasteiger partial charge on any atom is -0.341 e. The highest BCUT2D eigenvalue weighted by molar-refractivity contribution is 5.82. The van der Waals surface area contributed by atoms with Crippen molar-refractivity contribution in [3.05, 3.63) is 18.0 Å². The summed E-state index contributed by atoms with van der Waals surface area (Å²) in [7, 11) is 0. The van der Waals surface area contributed by atoms with Crippen molar-refractivity contribution in [2.75, 3.05) is 19.6 Å². The van der Waals surface area contributed by atoms with Gasteiger partial charge < -0.3 is 4.90 Å². The van der Waals surface area contributed by atoms with Gasteiger partial charge in [-0.25, -0.2) is 0 Å². The standard InChI is InChI=1S/C17H28N4O/c1-13(2)21-10-4-5-14(21)16(22)20-11-7-17(3,8-12-20)15-6-9-18-19-15/h6,9,13-14H,4-5,7-8,10-12H2,1-3H3,(H,18,19)/t14-/m0/s1. The Hall–Kier alpha value is -1.36. The van der Waals surface area contributed by atoms with E-state index in [-0.39, 0.29) is 11.5 Å². The van der Waals surface area contributed by atoms with Gasteiger partial charge in [0.2, 0.25) is 5.91 Å². The monoisotopic (exact) mass is 304 g/mol. The van der Waals surface area contributed by atoms with Gasteiger partial charge in [-0.05, 0) is 52.1 Å². The number of nitrogens with one attached hydrogen (secondary N) is 1. The fourth-order valence-electron chi connectivity index (χ4n) is 3.97. The molecule has 5 heteroatoms. The summed E-state index contributed by atoms with van der Waals surface area (Å²) in [6.45, 7) is 9.44. The van der Waals surface area contributed by atoms with E-state index < -0.39 is 0 Å². The molecule has 2 aliphatic heterocycles. The van der Waals surface area contributed by atoms with Crippen molar-refractivity contribution in [2.24, 2.45) is 0 Å². The number of carbonyl (C=O) groups is 1. The van der Waals surface area contributed by atoms with Gasteiger partial charge in [0, 0.05) is 36.4 Å². The molecule has 2 aliphatic rings. The number of carbonyl (C=O) groups excluding carboxylic acids is 1. The number of aromatic amines is 1. The summed E-state index contributed by atoms with van der Waals surface area (Å²) < 4.78 is 0. The van der Waals surface area contributed by atoms with Crippen LogP contribution in [0.3, 0.4) is 0 Å². The molecule has 1 aromatic heterocycles. The van der Waals surface area contributed by atoms with E-state index >= 15 is 0 Å². The van der Waals surface area contributed by atoms with Gasteiger partial charge in [-0.3, -0.25) is 14.8 Å². The van der Waals surface area contributed by atoms with Crippen LogP contribution in [0.4, 0.5) is 0 Å². The van der Waals surface area contributed by atoms with Crippen LogP contribution < -0.4 is 0 Å². The van der Waals surface area contributed by atoms with Crippen molar-refractivity contribution in [3.63, 3.8) is 0 Å². The Bertz CT molecular complexity index is 503. The molecule has 0 bridgehead atoms. The Kier molecular flexibility index (Phi) is 4.26. The Morgan fingerprint density at radius 3 is 2.68 bits per heavy atom. The average Bonchev–Trinajstić information content (AvgIpc) is 3.19. The molecule has 0 spiro atoms. The van der Waals surface area contributed by atoms with E-state index in [0.717, 1.165) is 45.3 Å². The van der Waals surface area contributed by atoms with Crippen LogP contribution in [0.2, 0.25) is 0 Å². The molecule has 0 saturated carbocycles. The molecule has 0 unspecified atom stereocenters. The highest BCUT2D eigenvalue weighted by Crippen LogP contribution is 2.34. The molecule has 0 radical (unpaired) electrons. The van der Waals surface area contributed by atoms with Crippen LogP contribution in [-0.2, 0) is 10.2 Å². The number of nitrogens with zero attached hydrogens (tertiary/aromatic N) is 3. The fraction of sp³-hybridized carbons (Fsp3) is 0.765. The first-order valence-corrected chi connectivity index (χ1v) is 8.56. The zero-order chi connectivity index (χ0) is 15.7. The smallest absolute Gasteiger partial charge is 0.239 e. The maximum Gasteiger partial charge on any atom is 0.239 e. The number of hydrogen-bond acceptors (Lipinski definition) is 3. The number of likely N-dealkylation sites (tertiary alicyclic amines) is 2. The molecule has 122 valence electrons. The van der Waals surface area contributed by atoms with Gasteiger partial charge in [-0.1, -0.05) is 6.92 Å². The van der Waals surface area contributed by atoms with Crippen LogP contribution in [0, 0.1) is 0 Å². The van der Waals surface area contributed by atoms with Gasteiger partial charge in [0.05, 0.1) is 6.04 Å². The van der Waals surface area contributed by atoms with Crippen molar-refractivity contribution >= 4 is 5.91 Å². The molecule has 22 heavy (non-hydrogen) atoms. The largest absolute Gasteiger partial charge is 0.341 e. The molecule has 1 amide bonds. The van der Waals surface area contributed by atoms with Crippen LogP contribution in [0.15, 0.2) is 12.3 Å². The molecule has 2 saturated heterocycles. The van der Waals surface area contributed by atoms with Gasteiger partial charge in [-0.15, -0.1) is 0 Å². The van der Waals surface area contributed by atoms with Crippen molar-refractivity contribution in [2.45, 2.75) is 64.0 Å². The Labute approximate surface area is 133 Å². The second-order valence-electron chi connectivity index (χ2n) is 7.35. The maximum atomic E-state index is 12.9. The predicted molar refractivity (Wildman–Crippen MR) is 86.6 cm³/mol. The van der Waals surface area contributed by atoms with Gasteiger partial charge in [0.15, 0.2) is 0 Å². The quantitative estimate of drug-likeness (QED) is 0.931. The molecule has 1 atom stereocenters. The lowest BCUT2D eigenvalue weighted by molar-refractivity contribution is -0.138. The lowest BCUT2D eigenvalue weighted by atomic mass is 9.77. The highest BCUT2D eigenvalue weighted by atomic mass is 16.2. The van der Waals surface area contributed by atoms with Crippen molar-refractivity contribution in [1.29, 1.82) is 0 Å². The number of piperidine rings is 1. The van der Waals surface area contributed by atoms with Crippen molar-refractivity contribution in [3.8, 4) is 0 Å². The number of aromatic nitrogens is 2. The molecule has 5 nitrogen and oxygen atoms in total. The lowest BCUT2D eigenvalue weighted by Crippen LogP contribution is -2.51. The summed E-state index contributed by atoms with van der Waals surface area (Å²) in [5.41, 5.74) is 1.32. The Morgan fingerprint density at radius 1 is 1.36 bits per heavy atom. The summed E-state index contributed by atoms with van der Waals surface area (Å²) in [5.74, 6) is 0.345. The lowest BCUT2D eigenvalue weighted by Gasteiger charge is -2.41. The highest BCUT2D eigenvalue weighted by Gasteiger charge is 2.39. The molecular formula is C17H28N4O. The van der Waals surface area contributed by atoms with Gasteiger partial charge in [0.1, 0.15) is 0 Å². The molecule has 3 rings (SSSR count). The normalized spacial score (nSPS) is 25.8. The van der Waals surface area contributed by atoms with Crippen LogP contribution in [0.25, 0.3) is 0 Å². The minimum absolute atomic E-state index is 0.108. The summed E-state index contributed by atoms with van der Waals surface area (Å²) in [6.07, 6.45) is 6.00. The Morgan fingerprint density at radius 2 is 2.09 bits per heavy atom. The summed E-state index contributed by atoms with van der Waals surface area (Å²) in [4.78, 5) is 17.3. The number of rotatable bonds is 3. The van der Waals surface area contributed by atoms with Crippen molar-refractivity contribution in [1.82, 2.24) is 20.0 Å². The summed E-state index contributed by atoms with van der Waals surface area (Å²) in [6, 6.07) is 2.63. The third kappa shape index (κ3) is 2.78. The second kappa shape index (κ2) is 6.03. The summed E-state index contributed by atoms with van der Waals surface area (Å²) >= 11 is 0. The molecule has 1 N–H and O–H groups in total. The Balaban J connectivity index is 1.63. The van der Waals surface area contributed by atoms with Gasteiger partial charge in [0.25, 0.3) is 0 Å². The van der Waals surface area contributed by atoms with E-state index in [2.05, 4.69) is 46.8 Å². The van der Waals surface area contributed by atoms with Crippen LogP contribution in [-0.4, -0.2) is 57.6 Å². The van der Waals surface area contributed by atoms with E-state index in [1.54, 1.807) is 0 Å².